The van der Waals surface area contributed by atoms with Gasteiger partial charge in [-0.15, -0.1) is 0 Å². The lowest BCUT2D eigenvalue weighted by molar-refractivity contribution is 0.0500. The molecule has 2 aromatic rings. The molecule has 1 heterocycles. The Morgan fingerprint density at radius 3 is 2.41 bits per heavy atom. The summed E-state index contributed by atoms with van der Waals surface area (Å²) in [5.41, 5.74) is 2.61. The second-order valence-electron chi connectivity index (χ2n) is 5.86. The Morgan fingerprint density at radius 1 is 1.14 bits per heavy atom. The summed E-state index contributed by atoms with van der Waals surface area (Å²) in [7, 11) is 0. The van der Waals surface area contributed by atoms with Crippen LogP contribution in [0.1, 0.15) is 21.5 Å². The molecule has 0 bridgehead atoms. The number of benzene rings is 2. The Kier molecular flexibility index (Phi) is 3.92. The van der Waals surface area contributed by atoms with Crippen molar-refractivity contribution < 1.29 is 13.6 Å². The molecule has 0 N–H and O–H groups in total. The first-order valence-electron chi connectivity index (χ1n) is 7.33. The highest BCUT2D eigenvalue weighted by Crippen LogP contribution is 2.24. The maximum atomic E-state index is 13.2. The fourth-order valence-electron chi connectivity index (χ4n) is 2.87. The Bertz CT molecular complexity index is 688. The van der Waals surface area contributed by atoms with E-state index in [4.69, 9.17) is 0 Å². The van der Waals surface area contributed by atoms with Crippen molar-refractivity contribution in [3.63, 3.8) is 0 Å². The summed E-state index contributed by atoms with van der Waals surface area (Å²) >= 11 is 0. The summed E-state index contributed by atoms with van der Waals surface area (Å²) < 4.78 is 26.3. The van der Waals surface area contributed by atoms with E-state index >= 15 is 0 Å². The van der Waals surface area contributed by atoms with Gasteiger partial charge in [0.05, 0.1) is 0 Å². The van der Waals surface area contributed by atoms with Crippen molar-refractivity contribution in [3.8, 4) is 0 Å². The van der Waals surface area contributed by atoms with Crippen LogP contribution >= 0.6 is 0 Å². The second kappa shape index (κ2) is 5.87. The molecule has 114 valence electrons. The molecule has 0 spiro atoms. The topological polar surface area (TPSA) is 20.3 Å². The van der Waals surface area contributed by atoms with Crippen LogP contribution in [0.4, 0.5) is 8.78 Å². The molecule has 1 fully saturated rings. The average molecular weight is 301 g/mol. The number of carbonyl (C=O) groups excluding carboxylic acids is 1. The van der Waals surface area contributed by atoms with Gasteiger partial charge in [-0.1, -0.05) is 24.3 Å². The number of likely N-dealkylation sites (tertiary alicyclic amines) is 1. The molecular weight excluding hydrogens is 284 g/mol. The zero-order chi connectivity index (χ0) is 15.7. The van der Waals surface area contributed by atoms with Gasteiger partial charge in [0.15, 0.2) is 0 Å². The number of aryl methyl sites for hydroxylation is 1. The van der Waals surface area contributed by atoms with Gasteiger partial charge < -0.3 is 4.90 Å². The lowest BCUT2D eigenvalue weighted by atomic mass is 9.90. The molecule has 1 aliphatic rings. The van der Waals surface area contributed by atoms with Gasteiger partial charge in [-0.25, -0.2) is 8.78 Å². The zero-order valence-electron chi connectivity index (χ0n) is 12.4. The van der Waals surface area contributed by atoms with Crippen LogP contribution in [-0.4, -0.2) is 23.9 Å². The van der Waals surface area contributed by atoms with Gasteiger partial charge in [0, 0.05) is 24.7 Å². The van der Waals surface area contributed by atoms with Crippen LogP contribution in [0.25, 0.3) is 0 Å². The largest absolute Gasteiger partial charge is 0.338 e. The van der Waals surface area contributed by atoms with E-state index in [1.54, 1.807) is 4.90 Å². The SMILES string of the molecule is Cc1ccccc1CC1CN(C(=O)c2cc(F)cc(F)c2)C1. The number of rotatable bonds is 3. The molecule has 2 nitrogen and oxygen atoms in total. The molecule has 0 aromatic heterocycles. The van der Waals surface area contributed by atoms with Crippen LogP contribution in [0.15, 0.2) is 42.5 Å². The molecule has 22 heavy (non-hydrogen) atoms. The highest BCUT2D eigenvalue weighted by atomic mass is 19.1. The maximum Gasteiger partial charge on any atom is 0.254 e. The van der Waals surface area contributed by atoms with Crippen LogP contribution in [0, 0.1) is 24.5 Å². The lowest BCUT2D eigenvalue weighted by Crippen LogP contribution is -2.50. The number of halogens is 2. The van der Waals surface area contributed by atoms with Crippen molar-refractivity contribution in [1.29, 1.82) is 0 Å². The minimum Gasteiger partial charge on any atom is -0.338 e. The smallest absolute Gasteiger partial charge is 0.254 e. The van der Waals surface area contributed by atoms with Crippen molar-refractivity contribution in [3.05, 3.63) is 70.8 Å². The molecular formula is C18H17F2NO. The number of carbonyl (C=O) groups is 1. The van der Waals surface area contributed by atoms with E-state index < -0.39 is 11.6 Å². The molecule has 4 heteroatoms. The normalized spacial score (nSPS) is 14.8. The number of amides is 1. The van der Waals surface area contributed by atoms with E-state index in [1.165, 1.54) is 11.1 Å². The standard InChI is InChI=1S/C18H17F2NO/c1-12-4-2-3-5-14(12)6-13-10-21(11-13)18(22)15-7-16(19)9-17(20)8-15/h2-5,7-9,13H,6,10-11H2,1H3. The van der Waals surface area contributed by atoms with Crippen LogP contribution in [-0.2, 0) is 6.42 Å². The summed E-state index contributed by atoms with van der Waals surface area (Å²) in [6.07, 6.45) is 0.925. The fraction of sp³-hybridized carbons (Fsp3) is 0.278. The van der Waals surface area contributed by atoms with Gasteiger partial charge in [-0.3, -0.25) is 4.79 Å². The molecule has 1 saturated heterocycles. The van der Waals surface area contributed by atoms with Crippen molar-refractivity contribution in [2.24, 2.45) is 5.92 Å². The van der Waals surface area contributed by atoms with Crippen molar-refractivity contribution in [2.75, 3.05) is 13.1 Å². The summed E-state index contributed by atoms with van der Waals surface area (Å²) in [4.78, 5) is 13.8. The lowest BCUT2D eigenvalue weighted by Gasteiger charge is -2.39. The minimum absolute atomic E-state index is 0.0758. The summed E-state index contributed by atoms with van der Waals surface area (Å²) in [6.45, 7) is 3.34. The predicted molar refractivity (Wildman–Crippen MR) is 80.6 cm³/mol. The molecule has 1 amide bonds. The van der Waals surface area contributed by atoms with E-state index in [2.05, 4.69) is 19.1 Å². The summed E-state index contributed by atoms with van der Waals surface area (Å²) in [6, 6.07) is 11.1. The van der Waals surface area contributed by atoms with Gasteiger partial charge in [0.1, 0.15) is 11.6 Å². The molecule has 2 aromatic carbocycles. The monoisotopic (exact) mass is 301 g/mol. The maximum absolute atomic E-state index is 13.2. The van der Waals surface area contributed by atoms with Gasteiger partial charge in [0.25, 0.3) is 5.91 Å². The summed E-state index contributed by atoms with van der Waals surface area (Å²) in [5, 5.41) is 0. The first-order valence-corrected chi connectivity index (χ1v) is 7.33. The molecule has 0 saturated carbocycles. The minimum atomic E-state index is -0.722. The third-order valence-corrected chi connectivity index (χ3v) is 4.12. The van der Waals surface area contributed by atoms with Crippen molar-refractivity contribution >= 4 is 5.91 Å². The Balaban J connectivity index is 1.61. The Hall–Kier alpha value is -2.23. The van der Waals surface area contributed by atoms with Crippen LogP contribution < -0.4 is 0 Å². The molecule has 3 rings (SSSR count). The predicted octanol–water partition coefficient (Wildman–Crippen LogP) is 3.59. The van der Waals surface area contributed by atoms with Gasteiger partial charge >= 0.3 is 0 Å². The zero-order valence-corrected chi connectivity index (χ0v) is 12.4. The number of hydrogen-bond donors (Lipinski definition) is 0. The van der Waals surface area contributed by atoms with Crippen molar-refractivity contribution in [2.45, 2.75) is 13.3 Å². The van der Waals surface area contributed by atoms with Crippen LogP contribution in [0.2, 0.25) is 0 Å². The molecule has 1 aliphatic heterocycles. The molecule has 0 atom stereocenters. The quantitative estimate of drug-likeness (QED) is 0.848. The Labute approximate surface area is 128 Å². The van der Waals surface area contributed by atoms with Gasteiger partial charge in [-0.05, 0) is 42.5 Å². The van der Waals surface area contributed by atoms with Crippen LogP contribution in [0.5, 0.6) is 0 Å². The van der Waals surface area contributed by atoms with E-state index in [1.807, 2.05) is 12.1 Å². The highest BCUT2D eigenvalue weighted by molar-refractivity contribution is 5.94. The van der Waals surface area contributed by atoms with Crippen LogP contribution in [0.3, 0.4) is 0 Å². The average Bonchev–Trinajstić information content (AvgIpc) is 2.42. The third-order valence-electron chi connectivity index (χ3n) is 4.12. The fourth-order valence-corrected chi connectivity index (χ4v) is 2.87. The second-order valence-corrected chi connectivity index (χ2v) is 5.86. The highest BCUT2D eigenvalue weighted by Gasteiger charge is 2.31. The molecule has 0 aliphatic carbocycles. The molecule has 0 radical (unpaired) electrons. The van der Waals surface area contributed by atoms with Gasteiger partial charge in [-0.2, -0.15) is 0 Å². The Morgan fingerprint density at radius 2 is 1.77 bits per heavy atom. The van der Waals surface area contributed by atoms with Gasteiger partial charge in [0.2, 0.25) is 0 Å². The molecule has 0 unspecified atom stereocenters. The van der Waals surface area contributed by atoms with E-state index in [0.717, 1.165) is 24.6 Å². The van der Waals surface area contributed by atoms with E-state index in [9.17, 15) is 13.6 Å². The third kappa shape index (κ3) is 3.01. The first-order chi connectivity index (χ1) is 10.5. The summed E-state index contributed by atoms with van der Waals surface area (Å²) in [5.74, 6) is -1.34. The first kappa shape index (κ1) is 14.7. The number of nitrogens with zero attached hydrogens (tertiary/aromatic N) is 1. The van der Waals surface area contributed by atoms with Crippen molar-refractivity contribution in [1.82, 2.24) is 4.90 Å². The van der Waals surface area contributed by atoms with E-state index in [0.29, 0.717) is 19.0 Å². The van der Waals surface area contributed by atoms with E-state index in [-0.39, 0.29) is 11.5 Å². The number of hydrogen-bond acceptors (Lipinski definition) is 1.